The van der Waals surface area contributed by atoms with Crippen LogP contribution < -0.4 is 10.0 Å². The SMILES string of the molecule is O=C(CNS(=O)(=O)c1cc(F)ccc1F)NCC1(c2cccs2)CCCC1. The molecular formula is C18H20F2N2O3S2. The van der Waals surface area contributed by atoms with Gasteiger partial charge in [0.1, 0.15) is 16.5 Å². The van der Waals surface area contributed by atoms with E-state index in [4.69, 9.17) is 0 Å². The van der Waals surface area contributed by atoms with Crippen LogP contribution in [0.3, 0.4) is 0 Å². The molecule has 2 N–H and O–H groups in total. The summed E-state index contributed by atoms with van der Waals surface area (Å²) in [6.45, 7) is -0.124. The lowest BCUT2D eigenvalue weighted by Gasteiger charge is -2.28. The Morgan fingerprint density at radius 3 is 2.59 bits per heavy atom. The summed E-state index contributed by atoms with van der Waals surface area (Å²) < 4.78 is 53.1. The molecule has 5 nitrogen and oxygen atoms in total. The van der Waals surface area contributed by atoms with Crippen LogP contribution in [0.5, 0.6) is 0 Å². The first-order chi connectivity index (χ1) is 12.8. The maximum absolute atomic E-state index is 13.7. The van der Waals surface area contributed by atoms with E-state index in [9.17, 15) is 22.0 Å². The van der Waals surface area contributed by atoms with Gasteiger partial charge in [0, 0.05) is 16.8 Å². The van der Waals surface area contributed by atoms with Gasteiger partial charge in [-0.3, -0.25) is 4.79 Å². The summed E-state index contributed by atoms with van der Waals surface area (Å²) in [5.41, 5.74) is -0.114. The minimum atomic E-state index is -4.33. The number of halogens is 2. The van der Waals surface area contributed by atoms with E-state index in [0.29, 0.717) is 12.6 Å². The number of rotatable bonds is 7. The highest BCUT2D eigenvalue weighted by Gasteiger charge is 2.36. The third-order valence-electron chi connectivity index (χ3n) is 4.83. The van der Waals surface area contributed by atoms with Gasteiger partial charge in [-0.1, -0.05) is 18.9 Å². The highest BCUT2D eigenvalue weighted by atomic mass is 32.2. The molecule has 1 amide bonds. The summed E-state index contributed by atoms with van der Waals surface area (Å²) in [5.74, 6) is -2.47. The average Bonchev–Trinajstić information content (AvgIpc) is 3.32. The Morgan fingerprint density at radius 2 is 1.93 bits per heavy atom. The fourth-order valence-electron chi connectivity index (χ4n) is 3.39. The summed E-state index contributed by atoms with van der Waals surface area (Å²) in [5, 5.41) is 4.78. The minimum Gasteiger partial charge on any atom is -0.354 e. The molecule has 3 rings (SSSR count). The number of nitrogens with one attached hydrogen (secondary N) is 2. The van der Waals surface area contributed by atoms with E-state index < -0.39 is 39.0 Å². The van der Waals surface area contributed by atoms with Crippen LogP contribution in [0.4, 0.5) is 8.78 Å². The van der Waals surface area contributed by atoms with Gasteiger partial charge in [-0.05, 0) is 42.5 Å². The number of hydrogen-bond donors (Lipinski definition) is 2. The molecule has 1 heterocycles. The first-order valence-corrected chi connectivity index (χ1v) is 10.9. The van der Waals surface area contributed by atoms with Crippen LogP contribution >= 0.6 is 11.3 Å². The minimum absolute atomic E-state index is 0.114. The third-order valence-corrected chi connectivity index (χ3v) is 7.37. The Labute approximate surface area is 160 Å². The maximum Gasteiger partial charge on any atom is 0.244 e. The lowest BCUT2D eigenvalue weighted by atomic mass is 9.84. The average molecular weight is 414 g/mol. The molecule has 146 valence electrons. The summed E-state index contributed by atoms with van der Waals surface area (Å²) in [4.78, 5) is 12.5. The third kappa shape index (κ3) is 4.53. The van der Waals surface area contributed by atoms with Gasteiger partial charge in [0.15, 0.2) is 0 Å². The van der Waals surface area contributed by atoms with Crippen molar-refractivity contribution in [3.8, 4) is 0 Å². The summed E-state index contributed by atoms with van der Waals surface area (Å²) in [6, 6.07) is 6.17. The second-order valence-corrected chi connectivity index (χ2v) is 9.32. The van der Waals surface area contributed by atoms with Gasteiger partial charge in [0.25, 0.3) is 0 Å². The standard InChI is InChI=1S/C18H20F2N2O3S2/c19-13-5-6-14(20)15(10-13)27(24,25)22-11-17(23)21-12-18(7-1-2-8-18)16-4-3-9-26-16/h3-6,9-10,22H,1-2,7-8,11-12H2,(H,21,23). The van der Waals surface area contributed by atoms with Crippen molar-refractivity contribution in [2.45, 2.75) is 36.0 Å². The van der Waals surface area contributed by atoms with Gasteiger partial charge in [-0.15, -0.1) is 11.3 Å². The molecule has 0 bridgehead atoms. The van der Waals surface area contributed by atoms with Crippen LogP contribution in [0.2, 0.25) is 0 Å². The van der Waals surface area contributed by atoms with Crippen molar-refractivity contribution in [1.82, 2.24) is 10.0 Å². The summed E-state index contributed by atoms with van der Waals surface area (Å²) >= 11 is 1.65. The molecule has 1 aromatic heterocycles. The first kappa shape index (κ1) is 19.9. The van der Waals surface area contributed by atoms with Gasteiger partial charge >= 0.3 is 0 Å². The van der Waals surface area contributed by atoms with Crippen LogP contribution in [0, 0.1) is 11.6 Å². The van der Waals surface area contributed by atoms with Crippen LogP contribution in [0.25, 0.3) is 0 Å². The molecule has 0 aliphatic heterocycles. The van der Waals surface area contributed by atoms with Crippen molar-refractivity contribution < 1.29 is 22.0 Å². The van der Waals surface area contributed by atoms with Crippen LogP contribution in [-0.4, -0.2) is 27.4 Å². The molecular weight excluding hydrogens is 394 g/mol. The highest BCUT2D eigenvalue weighted by Crippen LogP contribution is 2.42. The molecule has 0 spiro atoms. The van der Waals surface area contributed by atoms with Crippen molar-refractivity contribution in [1.29, 1.82) is 0 Å². The smallest absolute Gasteiger partial charge is 0.244 e. The molecule has 1 aliphatic rings. The van der Waals surface area contributed by atoms with E-state index in [1.807, 2.05) is 16.2 Å². The normalized spacial score (nSPS) is 16.4. The molecule has 2 aromatic rings. The van der Waals surface area contributed by atoms with Crippen molar-refractivity contribution in [3.05, 3.63) is 52.2 Å². The molecule has 9 heteroatoms. The Bertz CT molecular complexity index is 909. The van der Waals surface area contributed by atoms with Crippen molar-refractivity contribution in [2.75, 3.05) is 13.1 Å². The Hall–Kier alpha value is -1.84. The monoisotopic (exact) mass is 414 g/mol. The van der Waals surface area contributed by atoms with Crippen molar-refractivity contribution >= 4 is 27.3 Å². The van der Waals surface area contributed by atoms with Crippen LogP contribution in [0.15, 0.2) is 40.6 Å². The van der Waals surface area contributed by atoms with E-state index in [1.165, 1.54) is 4.88 Å². The second-order valence-electron chi connectivity index (χ2n) is 6.64. The summed E-state index contributed by atoms with van der Waals surface area (Å²) in [6.07, 6.45) is 4.10. The Morgan fingerprint density at radius 1 is 1.19 bits per heavy atom. The molecule has 27 heavy (non-hydrogen) atoms. The lowest BCUT2D eigenvalue weighted by Crippen LogP contribution is -2.43. The molecule has 0 atom stereocenters. The zero-order valence-electron chi connectivity index (χ0n) is 14.5. The highest BCUT2D eigenvalue weighted by molar-refractivity contribution is 7.89. The molecule has 1 fully saturated rings. The predicted molar refractivity (Wildman–Crippen MR) is 99.0 cm³/mol. The quantitative estimate of drug-likeness (QED) is 0.732. The largest absolute Gasteiger partial charge is 0.354 e. The molecule has 1 aromatic carbocycles. The number of benzene rings is 1. The molecule has 0 radical (unpaired) electrons. The van der Waals surface area contributed by atoms with E-state index in [-0.39, 0.29) is 5.41 Å². The number of amides is 1. The second kappa shape index (κ2) is 8.04. The van der Waals surface area contributed by atoms with Crippen molar-refractivity contribution in [3.63, 3.8) is 0 Å². The Balaban J connectivity index is 1.60. The number of carbonyl (C=O) groups is 1. The van der Waals surface area contributed by atoms with Gasteiger partial charge in [-0.2, -0.15) is 0 Å². The van der Waals surface area contributed by atoms with E-state index in [1.54, 1.807) is 11.3 Å². The van der Waals surface area contributed by atoms with Gasteiger partial charge in [0.2, 0.25) is 15.9 Å². The maximum atomic E-state index is 13.7. The zero-order valence-corrected chi connectivity index (χ0v) is 16.1. The number of sulfonamides is 1. The van der Waals surface area contributed by atoms with Gasteiger partial charge in [0.05, 0.1) is 6.54 Å². The molecule has 0 saturated heterocycles. The van der Waals surface area contributed by atoms with Crippen LogP contribution in [-0.2, 0) is 20.2 Å². The van der Waals surface area contributed by atoms with E-state index in [0.717, 1.165) is 37.8 Å². The number of hydrogen-bond acceptors (Lipinski definition) is 4. The lowest BCUT2D eigenvalue weighted by molar-refractivity contribution is -0.120. The first-order valence-electron chi connectivity index (χ1n) is 8.58. The van der Waals surface area contributed by atoms with E-state index >= 15 is 0 Å². The fraction of sp³-hybridized carbons (Fsp3) is 0.389. The zero-order chi connectivity index (χ0) is 19.5. The Kier molecular flexibility index (Phi) is 5.92. The fourth-order valence-corrected chi connectivity index (χ4v) is 5.45. The van der Waals surface area contributed by atoms with Crippen LogP contribution in [0.1, 0.15) is 30.6 Å². The topological polar surface area (TPSA) is 75.3 Å². The van der Waals surface area contributed by atoms with Gasteiger partial charge < -0.3 is 5.32 Å². The predicted octanol–water partition coefficient (Wildman–Crippen LogP) is 2.93. The van der Waals surface area contributed by atoms with Gasteiger partial charge in [-0.25, -0.2) is 21.9 Å². The number of thiophene rings is 1. The van der Waals surface area contributed by atoms with Crippen molar-refractivity contribution in [2.24, 2.45) is 0 Å². The summed E-state index contributed by atoms with van der Waals surface area (Å²) in [7, 11) is -4.33. The molecule has 0 unspecified atom stereocenters. The number of carbonyl (C=O) groups excluding carboxylic acids is 1. The molecule has 1 saturated carbocycles. The van der Waals surface area contributed by atoms with E-state index in [2.05, 4.69) is 11.4 Å². The molecule has 1 aliphatic carbocycles.